The molecule has 0 atom stereocenters. The lowest BCUT2D eigenvalue weighted by Crippen LogP contribution is -2.02. The van der Waals surface area contributed by atoms with E-state index in [0.717, 1.165) is 40.4 Å². The van der Waals surface area contributed by atoms with Gasteiger partial charge in [-0.2, -0.15) is 4.98 Å². The van der Waals surface area contributed by atoms with E-state index in [1.54, 1.807) is 12.4 Å². The number of fused-ring (bicyclic) bond motifs is 1. The maximum atomic E-state index is 5.96. The van der Waals surface area contributed by atoms with Crippen molar-refractivity contribution in [1.29, 1.82) is 0 Å². The molecule has 0 amide bonds. The molecule has 3 heterocycles. The van der Waals surface area contributed by atoms with Crippen LogP contribution in [0.3, 0.4) is 0 Å². The zero-order valence-electron chi connectivity index (χ0n) is 13.2. The standard InChI is InChI=1S/C18H16N6/c1-2-24-16(13-8-10-20-11-9-13)21-15-14(12-6-4-3-5-7-12)22-18(19)23-17(15)24/h3-11H,2H2,1H3,(H2,19,22,23). The lowest BCUT2D eigenvalue weighted by Gasteiger charge is -2.06. The molecule has 1 aromatic carbocycles. The minimum Gasteiger partial charge on any atom is -0.368 e. The molecule has 0 radical (unpaired) electrons. The second-order valence-corrected chi connectivity index (χ2v) is 5.38. The number of hydrogen-bond acceptors (Lipinski definition) is 5. The molecule has 0 aliphatic heterocycles. The Morgan fingerprint density at radius 2 is 1.67 bits per heavy atom. The van der Waals surface area contributed by atoms with Crippen LogP contribution < -0.4 is 5.73 Å². The Kier molecular flexibility index (Phi) is 3.42. The Labute approximate surface area is 139 Å². The highest BCUT2D eigenvalue weighted by molar-refractivity contribution is 5.90. The van der Waals surface area contributed by atoms with E-state index in [4.69, 9.17) is 10.7 Å². The maximum Gasteiger partial charge on any atom is 0.222 e. The Hall–Kier alpha value is -3.28. The molecule has 0 fully saturated rings. The zero-order chi connectivity index (χ0) is 16.5. The van der Waals surface area contributed by atoms with Gasteiger partial charge in [-0.15, -0.1) is 0 Å². The fraction of sp³-hybridized carbons (Fsp3) is 0.111. The third-order valence-corrected chi connectivity index (χ3v) is 3.91. The number of aromatic nitrogens is 5. The van der Waals surface area contributed by atoms with Gasteiger partial charge in [-0.3, -0.25) is 4.98 Å². The third kappa shape index (κ3) is 2.28. The van der Waals surface area contributed by atoms with E-state index in [-0.39, 0.29) is 5.95 Å². The normalized spacial score (nSPS) is 11.0. The van der Waals surface area contributed by atoms with E-state index >= 15 is 0 Å². The van der Waals surface area contributed by atoms with Crippen LogP contribution in [0, 0.1) is 0 Å². The largest absolute Gasteiger partial charge is 0.368 e. The first-order chi connectivity index (χ1) is 11.8. The highest BCUT2D eigenvalue weighted by Crippen LogP contribution is 2.30. The summed E-state index contributed by atoms with van der Waals surface area (Å²) in [6, 6.07) is 13.8. The van der Waals surface area contributed by atoms with Gasteiger partial charge in [0.05, 0.1) is 0 Å². The molecular weight excluding hydrogens is 300 g/mol. The van der Waals surface area contributed by atoms with Gasteiger partial charge in [0.2, 0.25) is 5.95 Å². The van der Waals surface area contributed by atoms with E-state index in [9.17, 15) is 0 Å². The van der Waals surface area contributed by atoms with Crippen LogP contribution in [-0.4, -0.2) is 24.5 Å². The molecule has 24 heavy (non-hydrogen) atoms. The summed E-state index contributed by atoms with van der Waals surface area (Å²) in [5, 5.41) is 0. The molecule has 6 heteroatoms. The summed E-state index contributed by atoms with van der Waals surface area (Å²) < 4.78 is 2.05. The number of anilines is 1. The molecule has 0 saturated carbocycles. The van der Waals surface area contributed by atoms with Gasteiger partial charge in [-0.1, -0.05) is 30.3 Å². The topological polar surface area (TPSA) is 82.5 Å². The summed E-state index contributed by atoms with van der Waals surface area (Å²) in [6.07, 6.45) is 3.51. The van der Waals surface area contributed by atoms with Crippen molar-refractivity contribution in [2.24, 2.45) is 0 Å². The number of aryl methyl sites for hydroxylation is 1. The molecule has 3 aromatic heterocycles. The van der Waals surface area contributed by atoms with Crippen molar-refractivity contribution in [2.45, 2.75) is 13.5 Å². The predicted molar refractivity (Wildman–Crippen MR) is 94.1 cm³/mol. The minimum atomic E-state index is 0.247. The average molecular weight is 316 g/mol. The molecule has 0 bridgehead atoms. The molecule has 118 valence electrons. The number of imidazole rings is 1. The number of rotatable bonds is 3. The highest BCUT2D eigenvalue weighted by atomic mass is 15.2. The van der Waals surface area contributed by atoms with Gasteiger partial charge in [0.25, 0.3) is 0 Å². The smallest absolute Gasteiger partial charge is 0.222 e. The second-order valence-electron chi connectivity index (χ2n) is 5.38. The first kappa shape index (κ1) is 14.3. The maximum absolute atomic E-state index is 5.96. The van der Waals surface area contributed by atoms with Crippen molar-refractivity contribution in [3.05, 3.63) is 54.9 Å². The molecular formula is C18H16N6. The second kappa shape index (κ2) is 5.73. The fourth-order valence-electron chi connectivity index (χ4n) is 2.84. The summed E-state index contributed by atoms with van der Waals surface area (Å²) in [5.74, 6) is 1.09. The summed E-state index contributed by atoms with van der Waals surface area (Å²) in [7, 11) is 0. The van der Waals surface area contributed by atoms with Crippen molar-refractivity contribution in [2.75, 3.05) is 5.73 Å². The van der Waals surface area contributed by atoms with E-state index in [2.05, 4.69) is 26.4 Å². The van der Waals surface area contributed by atoms with Crippen molar-refractivity contribution in [1.82, 2.24) is 24.5 Å². The number of hydrogen-bond donors (Lipinski definition) is 1. The molecule has 0 spiro atoms. The lowest BCUT2D eigenvalue weighted by atomic mass is 10.1. The Bertz CT molecular complexity index is 992. The van der Waals surface area contributed by atoms with E-state index in [1.165, 1.54) is 0 Å². The van der Waals surface area contributed by atoms with Gasteiger partial charge in [-0.05, 0) is 19.1 Å². The van der Waals surface area contributed by atoms with Gasteiger partial charge in [0.15, 0.2) is 5.65 Å². The van der Waals surface area contributed by atoms with Gasteiger partial charge < -0.3 is 10.3 Å². The summed E-state index contributed by atoms with van der Waals surface area (Å²) >= 11 is 0. The minimum absolute atomic E-state index is 0.247. The number of benzene rings is 1. The molecule has 4 aromatic rings. The van der Waals surface area contributed by atoms with Crippen molar-refractivity contribution in [3.63, 3.8) is 0 Å². The Balaban J connectivity index is 2.05. The van der Waals surface area contributed by atoms with Gasteiger partial charge in [-0.25, -0.2) is 9.97 Å². The summed E-state index contributed by atoms with van der Waals surface area (Å²) in [4.78, 5) is 17.8. The average Bonchev–Trinajstić information content (AvgIpc) is 3.01. The highest BCUT2D eigenvalue weighted by Gasteiger charge is 2.18. The predicted octanol–water partition coefficient (Wildman–Crippen LogP) is 3.16. The number of nitrogens with two attached hydrogens (primary N) is 1. The Morgan fingerprint density at radius 3 is 2.38 bits per heavy atom. The van der Waals surface area contributed by atoms with Gasteiger partial charge >= 0.3 is 0 Å². The van der Waals surface area contributed by atoms with E-state index in [1.807, 2.05) is 42.5 Å². The molecule has 0 aliphatic carbocycles. The van der Waals surface area contributed by atoms with Gasteiger partial charge in [0, 0.05) is 30.1 Å². The lowest BCUT2D eigenvalue weighted by molar-refractivity contribution is 0.787. The molecule has 4 rings (SSSR count). The Morgan fingerprint density at radius 1 is 0.917 bits per heavy atom. The van der Waals surface area contributed by atoms with E-state index in [0.29, 0.717) is 0 Å². The SMILES string of the molecule is CCn1c(-c2ccncc2)nc2c(-c3ccccc3)nc(N)nc21. The number of nitrogen functional groups attached to an aromatic ring is 1. The summed E-state index contributed by atoms with van der Waals surface area (Å²) in [6.45, 7) is 2.80. The van der Waals surface area contributed by atoms with Crippen LogP contribution in [0.1, 0.15) is 6.92 Å². The van der Waals surface area contributed by atoms with Gasteiger partial charge in [0.1, 0.15) is 17.0 Å². The zero-order valence-corrected chi connectivity index (χ0v) is 13.2. The van der Waals surface area contributed by atoms with Crippen LogP contribution in [0.4, 0.5) is 5.95 Å². The van der Waals surface area contributed by atoms with E-state index < -0.39 is 0 Å². The first-order valence-electron chi connectivity index (χ1n) is 7.77. The van der Waals surface area contributed by atoms with Crippen molar-refractivity contribution < 1.29 is 0 Å². The number of nitrogens with zero attached hydrogens (tertiary/aromatic N) is 5. The van der Waals surface area contributed by atoms with Crippen LogP contribution in [0.2, 0.25) is 0 Å². The van der Waals surface area contributed by atoms with Crippen LogP contribution in [0.5, 0.6) is 0 Å². The third-order valence-electron chi connectivity index (χ3n) is 3.91. The van der Waals surface area contributed by atoms with Crippen molar-refractivity contribution >= 4 is 17.1 Å². The first-order valence-corrected chi connectivity index (χ1v) is 7.77. The van der Waals surface area contributed by atoms with Crippen LogP contribution >= 0.6 is 0 Å². The van der Waals surface area contributed by atoms with Crippen LogP contribution in [0.25, 0.3) is 33.8 Å². The molecule has 0 aliphatic rings. The van der Waals surface area contributed by atoms with Crippen LogP contribution in [0.15, 0.2) is 54.9 Å². The quantitative estimate of drug-likeness (QED) is 0.628. The van der Waals surface area contributed by atoms with Crippen molar-refractivity contribution in [3.8, 4) is 22.6 Å². The summed E-state index contributed by atoms with van der Waals surface area (Å²) in [5.41, 5.74) is 10.2. The molecule has 6 nitrogen and oxygen atoms in total. The molecule has 0 unspecified atom stereocenters. The fourth-order valence-corrected chi connectivity index (χ4v) is 2.84. The molecule has 0 saturated heterocycles. The molecule has 2 N–H and O–H groups in total. The monoisotopic (exact) mass is 316 g/mol. The van der Waals surface area contributed by atoms with Crippen LogP contribution in [-0.2, 0) is 6.54 Å². The number of pyridine rings is 1.